The number of thioether (sulfide) groups is 2. The van der Waals surface area contributed by atoms with Crippen LogP contribution in [0.3, 0.4) is 0 Å². The minimum atomic E-state index is -0.0817. The molecule has 3 nitrogen and oxygen atoms in total. The van der Waals surface area contributed by atoms with Gasteiger partial charge in [0.05, 0.1) is 9.80 Å². The maximum absolute atomic E-state index is 12.1. The van der Waals surface area contributed by atoms with E-state index in [2.05, 4.69) is 37.6 Å². The van der Waals surface area contributed by atoms with E-state index in [4.69, 9.17) is 0 Å². The number of rotatable bonds is 10. The zero-order chi connectivity index (χ0) is 21.2. The molecule has 1 aromatic rings. The average Bonchev–Trinajstić information content (AvgIpc) is 3.14. The highest BCUT2D eigenvalue weighted by molar-refractivity contribution is 8.24. The second-order valence-corrected chi connectivity index (χ2v) is 9.58. The van der Waals surface area contributed by atoms with Crippen LogP contribution in [0.15, 0.2) is 42.6 Å². The third-order valence-corrected chi connectivity index (χ3v) is 7.48. The number of Topliss-reactive ketones (excluding diaryl/α,β-unsaturated/α-hetero) is 1. The van der Waals surface area contributed by atoms with E-state index in [1.165, 1.54) is 43.5 Å². The first-order chi connectivity index (χ1) is 14.0. The molecule has 0 saturated carbocycles. The van der Waals surface area contributed by atoms with Crippen LogP contribution in [0.4, 0.5) is 0 Å². The number of aliphatic imine (C=N–C) groups is 1. The summed E-state index contributed by atoms with van der Waals surface area (Å²) in [6, 6.07) is 6.23. The Hall–Kier alpha value is -1.73. The summed E-state index contributed by atoms with van der Waals surface area (Å²) in [6.45, 7) is 8.11. The van der Waals surface area contributed by atoms with Crippen molar-refractivity contribution < 1.29 is 4.79 Å². The van der Waals surface area contributed by atoms with E-state index in [1.807, 2.05) is 18.3 Å². The van der Waals surface area contributed by atoms with Gasteiger partial charge in [0, 0.05) is 22.9 Å². The summed E-state index contributed by atoms with van der Waals surface area (Å²) in [5.41, 5.74) is 5.53. The van der Waals surface area contributed by atoms with E-state index in [0.717, 1.165) is 39.7 Å². The summed E-state index contributed by atoms with van der Waals surface area (Å²) in [4.78, 5) is 18.7. The van der Waals surface area contributed by atoms with Gasteiger partial charge in [0.15, 0.2) is 5.78 Å². The number of unbranched alkanes of at least 4 members (excludes halogenated alkanes) is 1. The van der Waals surface area contributed by atoms with Gasteiger partial charge in [0.2, 0.25) is 0 Å². The number of benzene rings is 1. The lowest BCUT2D eigenvalue weighted by Gasteiger charge is -2.10. The highest BCUT2D eigenvalue weighted by Gasteiger charge is 2.24. The molecule has 29 heavy (non-hydrogen) atoms. The van der Waals surface area contributed by atoms with Crippen LogP contribution in [0.25, 0.3) is 0 Å². The van der Waals surface area contributed by atoms with Gasteiger partial charge in [-0.3, -0.25) is 4.79 Å². The number of aryl methyl sites for hydroxylation is 1. The van der Waals surface area contributed by atoms with Gasteiger partial charge in [-0.25, -0.2) is 4.99 Å². The zero-order valence-electron chi connectivity index (χ0n) is 17.9. The van der Waals surface area contributed by atoms with Gasteiger partial charge in [0.25, 0.3) is 0 Å². The van der Waals surface area contributed by atoms with E-state index in [0.29, 0.717) is 17.2 Å². The first kappa shape index (κ1) is 23.5. The van der Waals surface area contributed by atoms with E-state index >= 15 is 0 Å². The van der Waals surface area contributed by atoms with Crippen LogP contribution in [0, 0.1) is 17.2 Å². The molecule has 0 aliphatic carbocycles. The molecule has 0 saturated heterocycles. The molecule has 5 heteroatoms. The van der Waals surface area contributed by atoms with E-state index in [9.17, 15) is 10.1 Å². The number of hydrogen-bond donors (Lipinski definition) is 0. The summed E-state index contributed by atoms with van der Waals surface area (Å²) < 4.78 is 0.889. The first-order valence-electron chi connectivity index (χ1n) is 10.5. The van der Waals surface area contributed by atoms with Crippen molar-refractivity contribution in [1.29, 1.82) is 5.26 Å². The third-order valence-electron chi connectivity index (χ3n) is 4.98. The first-order valence-corrected chi connectivity index (χ1v) is 12.1. The van der Waals surface area contributed by atoms with Gasteiger partial charge in [-0.05, 0) is 30.4 Å². The monoisotopic (exact) mass is 426 g/mol. The molecule has 154 valence electrons. The van der Waals surface area contributed by atoms with Crippen LogP contribution in [-0.4, -0.2) is 12.0 Å². The number of nitriles is 1. The van der Waals surface area contributed by atoms with Crippen LogP contribution in [-0.2, 0) is 11.2 Å². The Morgan fingerprint density at radius 1 is 1.21 bits per heavy atom. The van der Waals surface area contributed by atoms with Gasteiger partial charge in [-0.2, -0.15) is 5.26 Å². The van der Waals surface area contributed by atoms with Crippen LogP contribution in [0.1, 0.15) is 77.3 Å². The van der Waals surface area contributed by atoms with Crippen molar-refractivity contribution in [2.24, 2.45) is 10.9 Å². The molecule has 1 aliphatic heterocycles. The third kappa shape index (κ3) is 6.64. The summed E-state index contributed by atoms with van der Waals surface area (Å²) >= 11 is 3.13. The van der Waals surface area contributed by atoms with E-state index in [1.54, 1.807) is 11.8 Å². The van der Waals surface area contributed by atoms with Gasteiger partial charge in [-0.15, -0.1) is 0 Å². The number of allylic oxidation sites excluding steroid dienone is 1. The fraction of sp³-hybridized carbons (Fsp3) is 0.500. The lowest BCUT2D eigenvalue weighted by Crippen LogP contribution is -2.00. The molecular formula is C24H30N2OS2. The maximum atomic E-state index is 12.1. The number of ketones is 1. The normalized spacial score (nSPS) is 13.8. The lowest BCUT2D eigenvalue weighted by atomic mass is 9.96. The summed E-state index contributed by atoms with van der Waals surface area (Å²) in [7, 11) is 0. The van der Waals surface area contributed by atoms with Gasteiger partial charge >= 0.3 is 0 Å². The SMILES string of the molecule is CCCCC(CC)C/C=N/C(=C=C1Sc2c(C#N)ccc(CCC)c2S1)C(C)=O. The quantitative estimate of drug-likeness (QED) is 0.224. The topological polar surface area (TPSA) is 53.2 Å². The molecular weight excluding hydrogens is 396 g/mol. The van der Waals surface area contributed by atoms with E-state index in [-0.39, 0.29) is 5.78 Å². The molecule has 1 aromatic carbocycles. The molecule has 2 rings (SSSR count). The molecule has 0 bridgehead atoms. The molecule has 1 heterocycles. The summed E-state index contributed by atoms with van der Waals surface area (Å²) in [5, 5.41) is 9.45. The number of hydrogen-bond acceptors (Lipinski definition) is 5. The predicted octanol–water partition coefficient (Wildman–Crippen LogP) is 7.30. The highest BCUT2D eigenvalue weighted by atomic mass is 32.2. The van der Waals surface area contributed by atoms with Crippen molar-refractivity contribution in [2.45, 2.75) is 82.4 Å². The van der Waals surface area contributed by atoms with Crippen molar-refractivity contribution in [3.63, 3.8) is 0 Å². The smallest absolute Gasteiger partial charge is 0.186 e. The van der Waals surface area contributed by atoms with Crippen LogP contribution in [0.2, 0.25) is 0 Å². The van der Waals surface area contributed by atoms with Crippen molar-refractivity contribution in [2.75, 3.05) is 0 Å². The molecule has 1 aliphatic rings. The minimum absolute atomic E-state index is 0.0817. The van der Waals surface area contributed by atoms with Crippen LogP contribution < -0.4 is 0 Å². The van der Waals surface area contributed by atoms with Gasteiger partial charge in [0.1, 0.15) is 11.8 Å². The molecule has 0 spiro atoms. The lowest BCUT2D eigenvalue weighted by molar-refractivity contribution is -0.113. The molecule has 0 radical (unpaired) electrons. The Kier molecular flexibility index (Phi) is 9.81. The van der Waals surface area contributed by atoms with Crippen molar-refractivity contribution in [3.05, 3.63) is 38.9 Å². The number of nitrogens with zero attached hydrogens (tertiary/aromatic N) is 2. The van der Waals surface area contributed by atoms with Crippen LogP contribution >= 0.6 is 23.5 Å². The Morgan fingerprint density at radius 2 is 1.97 bits per heavy atom. The summed E-state index contributed by atoms with van der Waals surface area (Å²) in [5.74, 6) is 0.538. The number of carbonyl (C=O) groups is 1. The largest absolute Gasteiger partial charge is 0.292 e. The van der Waals surface area contributed by atoms with Crippen molar-refractivity contribution in [1.82, 2.24) is 0 Å². The fourth-order valence-electron chi connectivity index (χ4n) is 3.21. The summed E-state index contributed by atoms with van der Waals surface area (Å²) in [6.07, 6.45) is 9.59. The predicted molar refractivity (Wildman–Crippen MR) is 125 cm³/mol. The second-order valence-electron chi connectivity index (χ2n) is 7.28. The fourth-order valence-corrected chi connectivity index (χ4v) is 5.74. The minimum Gasteiger partial charge on any atom is -0.292 e. The number of fused-ring (bicyclic) bond motifs is 1. The molecule has 0 aromatic heterocycles. The highest BCUT2D eigenvalue weighted by Crippen LogP contribution is 2.53. The van der Waals surface area contributed by atoms with Crippen molar-refractivity contribution in [3.8, 4) is 6.07 Å². The van der Waals surface area contributed by atoms with E-state index < -0.39 is 0 Å². The van der Waals surface area contributed by atoms with Gasteiger partial charge in [-0.1, -0.05) is 88.2 Å². The standard InChI is InChI=1S/C24H30N2OS2/c1-5-8-10-18(7-3)13-14-26-21(17(4)27)15-22-28-23-19(9-6-2)11-12-20(16-25)24(23)29-22/h11-12,14,18H,5-10,13H2,1-4H3/b26-14+. The zero-order valence-corrected chi connectivity index (χ0v) is 19.5. The second kappa shape index (κ2) is 12.1. The maximum Gasteiger partial charge on any atom is 0.186 e. The molecule has 1 unspecified atom stereocenters. The number of carbonyl (C=O) groups excluding carboxylic acids is 1. The Labute approximate surface area is 183 Å². The molecule has 0 fully saturated rings. The average molecular weight is 427 g/mol. The molecule has 0 N–H and O–H groups in total. The van der Waals surface area contributed by atoms with Crippen LogP contribution in [0.5, 0.6) is 0 Å². The Balaban J connectivity index is 2.27. The Morgan fingerprint density at radius 3 is 2.59 bits per heavy atom. The van der Waals surface area contributed by atoms with Gasteiger partial charge < -0.3 is 0 Å². The Bertz CT molecular complexity index is 874. The molecule has 1 atom stereocenters. The molecule has 0 amide bonds. The van der Waals surface area contributed by atoms with Crippen molar-refractivity contribution >= 4 is 35.5 Å².